The quantitative estimate of drug-likeness (QED) is 0.794. The number of hydrogen-bond donors (Lipinski definition) is 1. The lowest BCUT2D eigenvalue weighted by molar-refractivity contribution is 0.414. The van der Waals surface area contributed by atoms with E-state index in [0.29, 0.717) is 6.04 Å². The van der Waals surface area contributed by atoms with E-state index in [1.807, 2.05) is 12.1 Å². The number of benzene rings is 2. The minimum Gasteiger partial charge on any atom is -0.497 e. The van der Waals surface area contributed by atoms with Crippen molar-refractivity contribution in [2.75, 3.05) is 13.7 Å². The molecular formula is C19H25NO. The van der Waals surface area contributed by atoms with Gasteiger partial charge in [-0.2, -0.15) is 0 Å². The lowest BCUT2D eigenvalue weighted by Gasteiger charge is -2.14. The van der Waals surface area contributed by atoms with Crippen LogP contribution in [0.1, 0.15) is 24.5 Å². The van der Waals surface area contributed by atoms with Crippen LogP contribution >= 0.6 is 0 Å². The van der Waals surface area contributed by atoms with E-state index in [-0.39, 0.29) is 0 Å². The molecule has 0 fully saturated rings. The van der Waals surface area contributed by atoms with E-state index in [2.05, 4.69) is 54.7 Å². The summed E-state index contributed by atoms with van der Waals surface area (Å²) < 4.78 is 5.17. The van der Waals surface area contributed by atoms with E-state index in [4.69, 9.17) is 4.74 Å². The zero-order chi connectivity index (χ0) is 14.9. The molecule has 21 heavy (non-hydrogen) atoms. The molecule has 2 heteroatoms. The summed E-state index contributed by atoms with van der Waals surface area (Å²) in [4.78, 5) is 0. The van der Waals surface area contributed by atoms with Gasteiger partial charge in [-0.05, 0) is 56.0 Å². The molecule has 2 aromatic rings. The molecule has 0 saturated carbocycles. The first-order valence-corrected chi connectivity index (χ1v) is 7.68. The van der Waals surface area contributed by atoms with Crippen LogP contribution in [0.5, 0.6) is 5.75 Å². The second-order valence-electron chi connectivity index (χ2n) is 5.48. The molecule has 0 radical (unpaired) electrons. The fourth-order valence-corrected chi connectivity index (χ4v) is 2.39. The average molecular weight is 283 g/mol. The lowest BCUT2D eigenvalue weighted by atomic mass is 10.1. The fourth-order valence-electron chi connectivity index (χ4n) is 2.39. The highest BCUT2D eigenvalue weighted by Gasteiger charge is 2.02. The predicted octanol–water partition coefficient (Wildman–Crippen LogP) is 3.85. The highest BCUT2D eigenvalue weighted by molar-refractivity contribution is 5.27. The molecule has 0 heterocycles. The summed E-state index contributed by atoms with van der Waals surface area (Å²) in [5.41, 5.74) is 2.76. The van der Waals surface area contributed by atoms with Crippen molar-refractivity contribution in [3.05, 3.63) is 65.7 Å². The molecule has 2 aromatic carbocycles. The van der Waals surface area contributed by atoms with Crippen molar-refractivity contribution in [2.24, 2.45) is 0 Å². The largest absolute Gasteiger partial charge is 0.497 e. The molecule has 0 aliphatic heterocycles. The Kier molecular flexibility index (Phi) is 6.29. The molecule has 0 unspecified atom stereocenters. The molecule has 1 atom stereocenters. The minimum absolute atomic E-state index is 0.545. The molecule has 0 bridgehead atoms. The van der Waals surface area contributed by atoms with Crippen LogP contribution < -0.4 is 10.1 Å². The van der Waals surface area contributed by atoms with Crippen LogP contribution in [0.3, 0.4) is 0 Å². The molecular weight excluding hydrogens is 258 g/mol. The van der Waals surface area contributed by atoms with Crippen LogP contribution in [0.2, 0.25) is 0 Å². The zero-order valence-corrected chi connectivity index (χ0v) is 13.0. The van der Waals surface area contributed by atoms with E-state index in [1.54, 1.807) is 7.11 Å². The van der Waals surface area contributed by atoms with E-state index in [9.17, 15) is 0 Å². The van der Waals surface area contributed by atoms with E-state index < -0.39 is 0 Å². The normalized spacial score (nSPS) is 12.1. The third-order valence-corrected chi connectivity index (χ3v) is 3.77. The first kappa shape index (κ1) is 15.6. The van der Waals surface area contributed by atoms with Gasteiger partial charge in [0, 0.05) is 6.04 Å². The third-order valence-electron chi connectivity index (χ3n) is 3.77. The Hall–Kier alpha value is -1.80. The van der Waals surface area contributed by atoms with Crippen LogP contribution in [0.25, 0.3) is 0 Å². The van der Waals surface area contributed by atoms with Crippen molar-refractivity contribution in [2.45, 2.75) is 32.2 Å². The van der Waals surface area contributed by atoms with Gasteiger partial charge in [-0.3, -0.25) is 0 Å². The smallest absolute Gasteiger partial charge is 0.118 e. The van der Waals surface area contributed by atoms with Crippen LogP contribution in [0.15, 0.2) is 54.6 Å². The Bertz CT molecular complexity index is 507. The Morgan fingerprint density at radius 1 is 0.905 bits per heavy atom. The van der Waals surface area contributed by atoms with Crippen molar-refractivity contribution in [3.8, 4) is 5.75 Å². The molecule has 2 rings (SSSR count). The summed E-state index contributed by atoms with van der Waals surface area (Å²) in [6, 6.07) is 19.5. The third kappa shape index (κ3) is 5.60. The SMILES string of the molecule is COc1ccc(CCN[C@H](C)CCc2ccccc2)cc1. The van der Waals surface area contributed by atoms with E-state index >= 15 is 0 Å². The summed E-state index contributed by atoms with van der Waals surface area (Å²) >= 11 is 0. The molecule has 2 nitrogen and oxygen atoms in total. The van der Waals surface area contributed by atoms with Gasteiger partial charge in [0.15, 0.2) is 0 Å². The van der Waals surface area contributed by atoms with Crippen LogP contribution in [-0.2, 0) is 12.8 Å². The van der Waals surface area contributed by atoms with Gasteiger partial charge >= 0.3 is 0 Å². The molecule has 0 aromatic heterocycles. The van der Waals surface area contributed by atoms with Gasteiger partial charge in [-0.25, -0.2) is 0 Å². The highest BCUT2D eigenvalue weighted by atomic mass is 16.5. The molecule has 0 aliphatic rings. The maximum atomic E-state index is 5.17. The zero-order valence-electron chi connectivity index (χ0n) is 13.0. The summed E-state index contributed by atoms with van der Waals surface area (Å²) in [5, 5.41) is 3.60. The molecule has 112 valence electrons. The summed E-state index contributed by atoms with van der Waals surface area (Å²) in [6.07, 6.45) is 3.36. The Labute approximate surface area is 128 Å². The molecule has 0 aliphatic carbocycles. The fraction of sp³-hybridized carbons (Fsp3) is 0.368. The Balaban J connectivity index is 1.65. The maximum absolute atomic E-state index is 5.17. The standard InChI is InChI=1S/C19H25NO/c1-16(8-9-17-6-4-3-5-7-17)20-15-14-18-10-12-19(21-2)13-11-18/h3-7,10-13,16,20H,8-9,14-15H2,1-2H3/t16-/m1/s1. The molecule has 0 spiro atoms. The predicted molar refractivity (Wildman–Crippen MR) is 88.9 cm³/mol. The first-order chi connectivity index (χ1) is 10.3. The summed E-state index contributed by atoms with van der Waals surface area (Å²) in [6.45, 7) is 3.28. The lowest BCUT2D eigenvalue weighted by Crippen LogP contribution is -2.28. The van der Waals surface area contributed by atoms with Crippen LogP contribution in [-0.4, -0.2) is 19.7 Å². The topological polar surface area (TPSA) is 21.3 Å². The van der Waals surface area contributed by atoms with Crippen LogP contribution in [0, 0.1) is 0 Å². The number of ether oxygens (including phenoxy) is 1. The van der Waals surface area contributed by atoms with Crippen molar-refractivity contribution in [1.29, 1.82) is 0 Å². The number of aryl methyl sites for hydroxylation is 1. The molecule has 0 saturated heterocycles. The van der Waals surface area contributed by atoms with Gasteiger partial charge in [0.25, 0.3) is 0 Å². The Morgan fingerprint density at radius 2 is 1.57 bits per heavy atom. The monoisotopic (exact) mass is 283 g/mol. The Morgan fingerprint density at radius 3 is 2.24 bits per heavy atom. The second-order valence-corrected chi connectivity index (χ2v) is 5.48. The van der Waals surface area contributed by atoms with E-state index in [0.717, 1.165) is 25.1 Å². The van der Waals surface area contributed by atoms with Crippen molar-refractivity contribution in [1.82, 2.24) is 5.32 Å². The number of methoxy groups -OCH3 is 1. The van der Waals surface area contributed by atoms with E-state index in [1.165, 1.54) is 17.5 Å². The van der Waals surface area contributed by atoms with Gasteiger partial charge in [-0.15, -0.1) is 0 Å². The van der Waals surface area contributed by atoms with Gasteiger partial charge in [0.05, 0.1) is 7.11 Å². The number of nitrogens with one attached hydrogen (secondary N) is 1. The van der Waals surface area contributed by atoms with Gasteiger partial charge in [0.1, 0.15) is 5.75 Å². The average Bonchev–Trinajstić information content (AvgIpc) is 2.54. The highest BCUT2D eigenvalue weighted by Crippen LogP contribution is 2.11. The summed E-state index contributed by atoms with van der Waals surface area (Å²) in [7, 11) is 1.70. The van der Waals surface area contributed by atoms with Crippen molar-refractivity contribution >= 4 is 0 Å². The first-order valence-electron chi connectivity index (χ1n) is 7.68. The molecule has 0 amide bonds. The second kappa shape index (κ2) is 8.48. The maximum Gasteiger partial charge on any atom is 0.118 e. The van der Waals surface area contributed by atoms with Gasteiger partial charge < -0.3 is 10.1 Å². The van der Waals surface area contributed by atoms with Crippen molar-refractivity contribution in [3.63, 3.8) is 0 Å². The van der Waals surface area contributed by atoms with Crippen LogP contribution in [0.4, 0.5) is 0 Å². The van der Waals surface area contributed by atoms with Gasteiger partial charge in [0.2, 0.25) is 0 Å². The summed E-state index contributed by atoms with van der Waals surface area (Å²) in [5.74, 6) is 0.919. The van der Waals surface area contributed by atoms with Gasteiger partial charge in [-0.1, -0.05) is 42.5 Å². The van der Waals surface area contributed by atoms with Crippen molar-refractivity contribution < 1.29 is 4.74 Å². The number of rotatable bonds is 8. The molecule has 1 N–H and O–H groups in total. The minimum atomic E-state index is 0.545. The number of hydrogen-bond acceptors (Lipinski definition) is 2.